The molecule has 3 N–H and O–H groups in total. The van der Waals surface area contributed by atoms with Gasteiger partial charge in [-0.25, -0.2) is 13.1 Å². The first-order valence-electron chi connectivity index (χ1n) is 6.93. The Balaban J connectivity index is 0.00000176. The van der Waals surface area contributed by atoms with E-state index in [1.165, 1.54) is 11.3 Å². The second-order valence-corrected chi connectivity index (χ2v) is 8.62. The number of nitrogen functional groups attached to an aromatic ring is 1. The van der Waals surface area contributed by atoms with Crippen molar-refractivity contribution in [2.45, 2.75) is 36.4 Å². The normalized spacial score (nSPS) is 17.6. The lowest BCUT2D eigenvalue weighted by Gasteiger charge is -2.26. The first-order chi connectivity index (χ1) is 9.95. The van der Waals surface area contributed by atoms with Crippen LogP contribution in [0.3, 0.4) is 0 Å². The fourth-order valence-corrected chi connectivity index (χ4v) is 5.31. The Labute approximate surface area is 141 Å². The van der Waals surface area contributed by atoms with Crippen molar-refractivity contribution in [3.63, 3.8) is 0 Å². The van der Waals surface area contributed by atoms with Crippen LogP contribution >= 0.6 is 23.7 Å². The predicted molar refractivity (Wildman–Crippen MR) is 93.2 cm³/mol. The molecule has 0 bridgehead atoms. The molecule has 0 saturated heterocycles. The van der Waals surface area contributed by atoms with Gasteiger partial charge in [0.25, 0.3) is 10.0 Å². The Kier molecular flexibility index (Phi) is 5.17. The molecule has 1 unspecified atom stereocenters. The summed E-state index contributed by atoms with van der Waals surface area (Å²) in [7, 11) is -3.45. The van der Waals surface area contributed by atoms with Crippen molar-refractivity contribution in [3.05, 3.63) is 46.3 Å². The van der Waals surface area contributed by atoms with Gasteiger partial charge in [0.2, 0.25) is 0 Å². The summed E-state index contributed by atoms with van der Waals surface area (Å²) >= 11 is 1.30. The zero-order valence-electron chi connectivity index (χ0n) is 12.2. The van der Waals surface area contributed by atoms with Crippen LogP contribution in [0.15, 0.2) is 34.5 Å². The number of fused-ring (bicyclic) bond motifs is 1. The number of aryl methyl sites for hydroxylation is 2. The maximum Gasteiger partial charge on any atom is 0.250 e. The van der Waals surface area contributed by atoms with Crippen molar-refractivity contribution in [1.29, 1.82) is 0 Å². The molecule has 1 aliphatic rings. The molecule has 1 heterocycles. The minimum absolute atomic E-state index is 0. The zero-order chi connectivity index (χ0) is 15.0. The van der Waals surface area contributed by atoms with Crippen LogP contribution < -0.4 is 10.5 Å². The Hall–Kier alpha value is -1.08. The first kappa shape index (κ1) is 17.3. The Bertz CT molecular complexity index is 772. The van der Waals surface area contributed by atoms with Crippen LogP contribution in [0.4, 0.5) is 5.69 Å². The van der Waals surface area contributed by atoms with Crippen LogP contribution in [0.25, 0.3) is 0 Å². The third kappa shape index (κ3) is 3.46. The molecule has 0 aliphatic heterocycles. The van der Waals surface area contributed by atoms with Gasteiger partial charge in [-0.2, -0.15) is 0 Å². The molecule has 0 amide bonds. The first-order valence-corrected chi connectivity index (χ1v) is 9.23. The summed E-state index contributed by atoms with van der Waals surface area (Å²) in [6.07, 6.45) is 2.74. The van der Waals surface area contributed by atoms with Crippen LogP contribution in [-0.4, -0.2) is 8.42 Å². The van der Waals surface area contributed by atoms with Crippen molar-refractivity contribution >= 4 is 39.5 Å². The Morgan fingerprint density at radius 3 is 2.73 bits per heavy atom. The molecule has 1 aliphatic carbocycles. The number of nitrogens with two attached hydrogens (primary N) is 1. The van der Waals surface area contributed by atoms with Gasteiger partial charge in [-0.3, -0.25) is 0 Å². The second kappa shape index (κ2) is 6.58. The van der Waals surface area contributed by atoms with Gasteiger partial charge in [-0.05, 0) is 61.6 Å². The third-order valence-electron chi connectivity index (χ3n) is 3.76. The summed E-state index contributed by atoms with van der Waals surface area (Å²) in [6, 6.07) is 9.05. The van der Waals surface area contributed by atoms with Crippen LogP contribution in [0.1, 0.15) is 34.9 Å². The average Bonchev–Trinajstić information content (AvgIpc) is 2.86. The second-order valence-electron chi connectivity index (χ2n) is 5.39. The van der Waals surface area contributed by atoms with E-state index in [9.17, 15) is 8.42 Å². The van der Waals surface area contributed by atoms with E-state index in [4.69, 9.17) is 5.73 Å². The van der Waals surface area contributed by atoms with E-state index in [1.807, 2.05) is 31.2 Å². The molecule has 2 aromatic rings. The van der Waals surface area contributed by atoms with Gasteiger partial charge in [0.1, 0.15) is 4.21 Å². The van der Waals surface area contributed by atoms with Gasteiger partial charge in [-0.1, -0.05) is 6.07 Å². The molecule has 0 spiro atoms. The molecule has 0 radical (unpaired) electrons. The average molecular weight is 359 g/mol. The van der Waals surface area contributed by atoms with E-state index < -0.39 is 10.0 Å². The number of hydrogen-bond donors (Lipinski definition) is 2. The number of nitrogens with one attached hydrogen (secondary N) is 1. The number of halogens is 1. The van der Waals surface area contributed by atoms with Gasteiger partial charge < -0.3 is 5.73 Å². The van der Waals surface area contributed by atoms with Crippen LogP contribution in [0.5, 0.6) is 0 Å². The summed E-state index contributed by atoms with van der Waals surface area (Å²) < 4.78 is 28.1. The number of thiophene rings is 1. The molecule has 0 saturated carbocycles. The molecule has 3 rings (SSSR count). The minimum atomic E-state index is -3.45. The molecule has 22 heavy (non-hydrogen) atoms. The van der Waals surface area contributed by atoms with E-state index in [1.54, 1.807) is 6.07 Å². The molecule has 7 heteroatoms. The number of benzene rings is 1. The highest BCUT2D eigenvalue weighted by molar-refractivity contribution is 7.91. The molecule has 1 aromatic carbocycles. The summed E-state index contributed by atoms with van der Waals surface area (Å²) in [5.74, 6) is 0. The molecule has 1 aromatic heterocycles. The number of anilines is 1. The van der Waals surface area contributed by atoms with Crippen molar-refractivity contribution in [1.82, 2.24) is 4.72 Å². The zero-order valence-corrected chi connectivity index (χ0v) is 14.7. The molecule has 1 atom stereocenters. The largest absolute Gasteiger partial charge is 0.399 e. The Morgan fingerprint density at radius 1 is 1.27 bits per heavy atom. The van der Waals surface area contributed by atoms with E-state index in [0.717, 1.165) is 41.0 Å². The fourth-order valence-electron chi connectivity index (χ4n) is 2.76. The molecule has 4 nitrogen and oxygen atoms in total. The SMILES string of the molecule is Cc1ccc(S(=O)(=O)NC2CCCc3cc(N)ccc32)s1.Cl. The van der Waals surface area contributed by atoms with Gasteiger partial charge in [-0.15, -0.1) is 23.7 Å². The highest BCUT2D eigenvalue weighted by Crippen LogP contribution is 2.32. The monoisotopic (exact) mass is 358 g/mol. The van der Waals surface area contributed by atoms with Crippen LogP contribution in [0.2, 0.25) is 0 Å². The van der Waals surface area contributed by atoms with Gasteiger partial charge in [0.05, 0.1) is 0 Å². The maximum atomic E-state index is 12.5. The molecular formula is C15H19ClN2O2S2. The van der Waals surface area contributed by atoms with Gasteiger partial charge >= 0.3 is 0 Å². The van der Waals surface area contributed by atoms with E-state index in [2.05, 4.69) is 4.72 Å². The molecular weight excluding hydrogens is 340 g/mol. The quantitative estimate of drug-likeness (QED) is 0.826. The van der Waals surface area contributed by atoms with E-state index in [0.29, 0.717) is 4.21 Å². The van der Waals surface area contributed by atoms with E-state index >= 15 is 0 Å². The predicted octanol–water partition coefficient (Wildman–Crippen LogP) is 3.42. The highest BCUT2D eigenvalue weighted by Gasteiger charge is 2.26. The minimum Gasteiger partial charge on any atom is -0.399 e. The van der Waals surface area contributed by atoms with Crippen molar-refractivity contribution in [2.75, 3.05) is 5.73 Å². The summed E-state index contributed by atoms with van der Waals surface area (Å²) in [5, 5.41) is 0. The topological polar surface area (TPSA) is 72.2 Å². The molecule has 0 fully saturated rings. The van der Waals surface area contributed by atoms with Gasteiger partial charge in [0, 0.05) is 16.6 Å². The highest BCUT2D eigenvalue weighted by atomic mass is 35.5. The maximum absolute atomic E-state index is 12.5. The number of rotatable bonds is 3. The Morgan fingerprint density at radius 2 is 2.05 bits per heavy atom. The molecule has 120 valence electrons. The fraction of sp³-hybridized carbons (Fsp3) is 0.333. The number of hydrogen-bond acceptors (Lipinski definition) is 4. The van der Waals surface area contributed by atoms with E-state index in [-0.39, 0.29) is 18.4 Å². The van der Waals surface area contributed by atoms with Gasteiger partial charge in [0.15, 0.2) is 0 Å². The standard InChI is InChI=1S/C15H18N2O2S2.ClH/c1-10-5-8-15(20-10)21(18,19)17-14-4-2-3-11-9-12(16)6-7-13(11)14;/h5-9,14,17H,2-4,16H2,1H3;1H. The summed E-state index contributed by atoms with van der Waals surface area (Å²) in [6.45, 7) is 1.91. The lowest BCUT2D eigenvalue weighted by atomic mass is 9.88. The summed E-state index contributed by atoms with van der Waals surface area (Å²) in [5.41, 5.74) is 8.74. The van der Waals surface area contributed by atoms with Crippen molar-refractivity contribution in [2.24, 2.45) is 0 Å². The lowest BCUT2D eigenvalue weighted by molar-refractivity contribution is 0.508. The van der Waals surface area contributed by atoms with Crippen LogP contribution in [-0.2, 0) is 16.4 Å². The third-order valence-corrected chi connectivity index (χ3v) is 6.72. The smallest absolute Gasteiger partial charge is 0.250 e. The van der Waals surface area contributed by atoms with Crippen molar-refractivity contribution < 1.29 is 8.42 Å². The summed E-state index contributed by atoms with van der Waals surface area (Å²) in [4.78, 5) is 0.993. The lowest BCUT2D eigenvalue weighted by Crippen LogP contribution is -2.30. The van der Waals surface area contributed by atoms with Crippen LogP contribution in [0, 0.1) is 6.92 Å². The number of sulfonamides is 1. The van der Waals surface area contributed by atoms with Crippen molar-refractivity contribution in [3.8, 4) is 0 Å².